The molecule has 3 rings (SSSR count). The first-order chi connectivity index (χ1) is 11.9. The Kier molecular flexibility index (Phi) is 4.53. The Morgan fingerprint density at radius 2 is 1.88 bits per heavy atom. The van der Waals surface area contributed by atoms with Crippen LogP contribution in [0.15, 0.2) is 54.7 Å². The highest BCUT2D eigenvalue weighted by molar-refractivity contribution is 6.13. The number of halogens is 3. The number of fused-ring (bicyclic) bond motifs is 1. The Morgan fingerprint density at radius 1 is 1.12 bits per heavy atom. The number of para-hydroxylation sites is 1. The van der Waals surface area contributed by atoms with Crippen LogP contribution in [-0.2, 0) is 12.7 Å². The molecular formula is C19H17F3N2O. The van der Waals surface area contributed by atoms with Crippen molar-refractivity contribution < 1.29 is 18.0 Å². The van der Waals surface area contributed by atoms with Crippen molar-refractivity contribution in [2.45, 2.75) is 26.1 Å². The lowest BCUT2D eigenvalue weighted by Crippen LogP contribution is -2.13. The summed E-state index contributed by atoms with van der Waals surface area (Å²) in [7, 11) is 0. The van der Waals surface area contributed by atoms with E-state index in [1.54, 1.807) is 6.20 Å². The number of carbonyl (C=O) groups excluding carboxylic acids is 1. The lowest BCUT2D eigenvalue weighted by atomic mass is 10.1. The van der Waals surface area contributed by atoms with Crippen LogP contribution in [0.3, 0.4) is 0 Å². The van der Waals surface area contributed by atoms with Gasteiger partial charge in [0.1, 0.15) is 0 Å². The number of nitrogens with zero attached hydrogens (tertiary/aromatic N) is 1. The fourth-order valence-corrected chi connectivity index (χ4v) is 2.83. The maximum atomic E-state index is 12.8. The second kappa shape index (κ2) is 6.63. The molecule has 0 aliphatic heterocycles. The van der Waals surface area contributed by atoms with Gasteiger partial charge in [0.25, 0.3) is 5.91 Å². The lowest BCUT2D eigenvalue weighted by molar-refractivity contribution is -0.137. The lowest BCUT2D eigenvalue weighted by Gasteiger charge is -2.09. The largest absolute Gasteiger partial charge is 0.416 e. The zero-order valence-corrected chi connectivity index (χ0v) is 13.6. The molecule has 0 spiro atoms. The van der Waals surface area contributed by atoms with Gasteiger partial charge in [-0.3, -0.25) is 4.79 Å². The van der Waals surface area contributed by atoms with Gasteiger partial charge in [0.05, 0.1) is 11.1 Å². The summed E-state index contributed by atoms with van der Waals surface area (Å²) in [5.74, 6) is -0.426. The minimum Gasteiger partial charge on any atom is -0.347 e. The maximum Gasteiger partial charge on any atom is 0.416 e. The maximum absolute atomic E-state index is 12.8. The number of aryl methyl sites for hydroxylation is 1. The third kappa shape index (κ3) is 3.52. The fraction of sp³-hybridized carbons (Fsp3) is 0.211. The zero-order chi connectivity index (χ0) is 18.0. The van der Waals surface area contributed by atoms with Crippen LogP contribution in [0.5, 0.6) is 0 Å². The van der Waals surface area contributed by atoms with E-state index in [2.05, 4.69) is 5.32 Å². The molecule has 3 nitrogen and oxygen atoms in total. The first-order valence-electron chi connectivity index (χ1n) is 7.96. The summed E-state index contributed by atoms with van der Waals surface area (Å²) < 4.78 is 40.4. The molecule has 130 valence electrons. The smallest absolute Gasteiger partial charge is 0.347 e. The third-order valence-electron chi connectivity index (χ3n) is 3.95. The monoisotopic (exact) mass is 346 g/mol. The topological polar surface area (TPSA) is 34.0 Å². The summed E-state index contributed by atoms with van der Waals surface area (Å²) in [6.07, 6.45) is -1.79. The number of alkyl halides is 3. The third-order valence-corrected chi connectivity index (χ3v) is 3.95. The number of carbonyl (C=O) groups is 1. The molecule has 0 bridgehead atoms. The molecule has 25 heavy (non-hydrogen) atoms. The number of aromatic nitrogens is 1. The minimum atomic E-state index is -4.45. The number of nitrogens with one attached hydrogen (secondary N) is 1. The Balaban J connectivity index is 1.93. The molecule has 3 aromatic rings. The van der Waals surface area contributed by atoms with E-state index in [0.29, 0.717) is 5.56 Å². The number of hydrogen-bond donors (Lipinski definition) is 1. The summed E-state index contributed by atoms with van der Waals surface area (Å²) in [6, 6.07) is 12.1. The van der Waals surface area contributed by atoms with Crippen molar-refractivity contribution >= 4 is 22.5 Å². The molecular weight excluding hydrogens is 329 g/mol. The van der Waals surface area contributed by atoms with Crippen molar-refractivity contribution in [3.63, 3.8) is 0 Å². The highest BCUT2D eigenvalue weighted by Gasteiger charge is 2.30. The van der Waals surface area contributed by atoms with E-state index < -0.39 is 17.6 Å². The van der Waals surface area contributed by atoms with Crippen molar-refractivity contribution in [3.8, 4) is 0 Å². The van der Waals surface area contributed by atoms with Gasteiger partial charge in [0.2, 0.25) is 0 Å². The highest BCUT2D eigenvalue weighted by Crippen LogP contribution is 2.31. The summed E-state index contributed by atoms with van der Waals surface area (Å²) in [5.41, 5.74) is 0.700. The molecule has 0 aliphatic carbocycles. The van der Waals surface area contributed by atoms with E-state index in [4.69, 9.17) is 0 Å². The summed E-state index contributed by atoms with van der Waals surface area (Å²) in [4.78, 5) is 12.6. The van der Waals surface area contributed by atoms with Gasteiger partial charge in [-0.25, -0.2) is 0 Å². The Hall–Kier alpha value is -2.76. The Bertz CT molecular complexity index is 912. The Morgan fingerprint density at radius 3 is 2.60 bits per heavy atom. The first kappa shape index (κ1) is 17.1. The average molecular weight is 346 g/mol. The Labute approximate surface area is 143 Å². The molecule has 1 heterocycles. The first-order valence-corrected chi connectivity index (χ1v) is 7.96. The van der Waals surface area contributed by atoms with E-state index in [1.807, 2.05) is 35.8 Å². The van der Waals surface area contributed by atoms with Crippen LogP contribution in [0.2, 0.25) is 0 Å². The van der Waals surface area contributed by atoms with Crippen molar-refractivity contribution in [2.75, 3.05) is 5.32 Å². The molecule has 1 amide bonds. The van der Waals surface area contributed by atoms with Gasteiger partial charge in [-0.1, -0.05) is 31.2 Å². The molecule has 6 heteroatoms. The van der Waals surface area contributed by atoms with Gasteiger partial charge in [0, 0.05) is 29.3 Å². The number of hydrogen-bond acceptors (Lipinski definition) is 1. The van der Waals surface area contributed by atoms with Crippen molar-refractivity contribution in [3.05, 3.63) is 65.9 Å². The summed E-state index contributed by atoms with van der Waals surface area (Å²) >= 11 is 0. The predicted octanol–water partition coefficient (Wildman–Crippen LogP) is 5.32. The van der Waals surface area contributed by atoms with Crippen LogP contribution in [0, 0.1) is 0 Å². The number of benzene rings is 2. The predicted molar refractivity (Wildman–Crippen MR) is 91.6 cm³/mol. The van der Waals surface area contributed by atoms with Gasteiger partial charge in [-0.15, -0.1) is 0 Å². The highest BCUT2D eigenvalue weighted by atomic mass is 19.4. The van der Waals surface area contributed by atoms with Crippen LogP contribution in [0.25, 0.3) is 10.9 Å². The van der Waals surface area contributed by atoms with Crippen LogP contribution < -0.4 is 5.32 Å². The molecule has 0 unspecified atom stereocenters. The van der Waals surface area contributed by atoms with Gasteiger partial charge in [-0.2, -0.15) is 13.2 Å². The second-order valence-corrected chi connectivity index (χ2v) is 5.79. The van der Waals surface area contributed by atoms with E-state index in [1.165, 1.54) is 12.1 Å². The molecule has 0 radical (unpaired) electrons. The van der Waals surface area contributed by atoms with Crippen molar-refractivity contribution in [2.24, 2.45) is 0 Å². The average Bonchev–Trinajstić information content (AvgIpc) is 2.94. The quantitative estimate of drug-likeness (QED) is 0.681. The molecule has 1 N–H and O–H groups in total. The van der Waals surface area contributed by atoms with Crippen LogP contribution in [0.4, 0.5) is 18.9 Å². The standard InChI is InChI=1S/C19H17F3N2O/c1-2-10-24-12-16(15-8-3-4-9-17(15)24)18(25)23-14-7-5-6-13(11-14)19(20,21)22/h3-9,11-12H,2,10H2,1H3,(H,23,25). The van der Waals surface area contributed by atoms with E-state index in [-0.39, 0.29) is 5.69 Å². The SMILES string of the molecule is CCCn1cc(C(=O)Nc2cccc(C(F)(F)F)c2)c2ccccc21. The zero-order valence-electron chi connectivity index (χ0n) is 13.6. The van der Waals surface area contributed by atoms with E-state index in [9.17, 15) is 18.0 Å². The molecule has 2 aromatic carbocycles. The van der Waals surface area contributed by atoms with Gasteiger partial charge < -0.3 is 9.88 Å². The van der Waals surface area contributed by atoms with Crippen LogP contribution in [0.1, 0.15) is 29.3 Å². The minimum absolute atomic E-state index is 0.118. The van der Waals surface area contributed by atoms with Gasteiger partial charge in [0.15, 0.2) is 0 Å². The fourth-order valence-electron chi connectivity index (χ4n) is 2.83. The molecule has 0 atom stereocenters. The molecule has 1 aromatic heterocycles. The molecule has 0 saturated heterocycles. The summed E-state index contributed by atoms with van der Waals surface area (Å²) in [6.45, 7) is 2.80. The number of anilines is 1. The number of rotatable bonds is 4. The van der Waals surface area contributed by atoms with Gasteiger partial charge >= 0.3 is 6.18 Å². The van der Waals surface area contributed by atoms with Crippen LogP contribution >= 0.6 is 0 Å². The van der Waals surface area contributed by atoms with Crippen molar-refractivity contribution in [1.29, 1.82) is 0 Å². The normalized spacial score (nSPS) is 11.7. The number of amides is 1. The second-order valence-electron chi connectivity index (χ2n) is 5.79. The van der Waals surface area contributed by atoms with E-state index >= 15 is 0 Å². The molecule has 0 aliphatic rings. The van der Waals surface area contributed by atoms with Gasteiger partial charge in [-0.05, 0) is 30.7 Å². The van der Waals surface area contributed by atoms with Crippen LogP contribution in [-0.4, -0.2) is 10.5 Å². The molecule has 0 fully saturated rings. The van der Waals surface area contributed by atoms with E-state index in [0.717, 1.165) is 36.0 Å². The van der Waals surface area contributed by atoms with Crippen molar-refractivity contribution in [1.82, 2.24) is 4.57 Å². The summed E-state index contributed by atoms with van der Waals surface area (Å²) in [5, 5.41) is 3.34. The molecule has 0 saturated carbocycles.